The van der Waals surface area contributed by atoms with Crippen molar-refractivity contribution in [2.75, 3.05) is 23.7 Å². The van der Waals surface area contributed by atoms with Gasteiger partial charge in [-0.25, -0.2) is 9.97 Å². The fourth-order valence-electron chi connectivity index (χ4n) is 1.56. The lowest BCUT2D eigenvalue weighted by Crippen LogP contribution is -2.29. The van der Waals surface area contributed by atoms with Crippen molar-refractivity contribution in [1.82, 2.24) is 9.97 Å². The molecule has 0 unspecified atom stereocenters. The van der Waals surface area contributed by atoms with E-state index in [-0.39, 0.29) is 0 Å². The molecular formula is C10H13ClN4. The molecule has 2 rings (SSSR count). The van der Waals surface area contributed by atoms with Gasteiger partial charge in [0.05, 0.1) is 0 Å². The summed E-state index contributed by atoms with van der Waals surface area (Å²) in [6.07, 6.45) is 4.67. The largest absolute Gasteiger partial charge is 0.382 e. The SMILES string of the molecule is CC1=CCN(c2ncnc(N)c2Cl)CC1. The molecule has 0 amide bonds. The summed E-state index contributed by atoms with van der Waals surface area (Å²) in [4.78, 5) is 10.1. The molecule has 5 heteroatoms. The van der Waals surface area contributed by atoms with Crippen molar-refractivity contribution in [2.45, 2.75) is 13.3 Å². The van der Waals surface area contributed by atoms with Crippen LogP contribution in [0.1, 0.15) is 13.3 Å². The van der Waals surface area contributed by atoms with Crippen molar-refractivity contribution < 1.29 is 0 Å². The van der Waals surface area contributed by atoms with Crippen molar-refractivity contribution in [1.29, 1.82) is 0 Å². The molecule has 0 aromatic carbocycles. The quantitative estimate of drug-likeness (QED) is 0.740. The third-order valence-electron chi connectivity index (χ3n) is 2.53. The summed E-state index contributed by atoms with van der Waals surface area (Å²) >= 11 is 6.05. The number of halogens is 1. The standard InChI is InChI=1S/C10H13ClN4/c1-7-2-4-15(5-3-7)10-8(11)9(12)13-6-14-10/h2,6H,3-5H2,1H3,(H2,12,13,14). The maximum absolute atomic E-state index is 6.05. The minimum absolute atomic E-state index is 0.341. The predicted octanol–water partition coefficient (Wildman–Crippen LogP) is 1.87. The van der Waals surface area contributed by atoms with Crippen LogP contribution in [0, 0.1) is 0 Å². The number of nitrogen functional groups attached to an aromatic ring is 1. The zero-order chi connectivity index (χ0) is 10.8. The van der Waals surface area contributed by atoms with Gasteiger partial charge in [-0.05, 0) is 13.3 Å². The van der Waals surface area contributed by atoms with Gasteiger partial charge in [0.2, 0.25) is 0 Å². The maximum atomic E-state index is 6.05. The smallest absolute Gasteiger partial charge is 0.153 e. The second-order valence-corrected chi connectivity index (χ2v) is 4.02. The van der Waals surface area contributed by atoms with Gasteiger partial charge < -0.3 is 10.6 Å². The Morgan fingerprint density at radius 3 is 2.93 bits per heavy atom. The van der Waals surface area contributed by atoms with Crippen LogP contribution in [-0.4, -0.2) is 23.1 Å². The van der Waals surface area contributed by atoms with E-state index < -0.39 is 0 Å². The molecular weight excluding hydrogens is 212 g/mol. The van der Waals surface area contributed by atoms with E-state index >= 15 is 0 Å². The first-order chi connectivity index (χ1) is 7.18. The number of aromatic nitrogens is 2. The minimum Gasteiger partial charge on any atom is -0.382 e. The minimum atomic E-state index is 0.341. The van der Waals surface area contributed by atoms with Crippen LogP contribution in [0.3, 0.4) is 0 Å². The lowest BCUT2D eigenvalue weighted by Gasteiger charge is -2.27. The van der Waals surface area contributed by atoms with E-state index in [1.807, 2.05) is 0 Å². The third kappa shape index (κ3) is 2.04. The Bertz CT molecular complexity index is 402. The highest BCUT2D eigenvalue weighted by atomic mass is 35.5. The molecule has 1 aromatic rings. The van der Waals surface area contributed by atoms with Crippen LogP contribution >= 0.6 is 11.6 Å². The molecule has 1 aliphatic heterocycles. The third-order valence-corrected chi connectivity index (χ3v) is 2.90. The second kappa shape index (κ2) is 4.06. The topological polar surface area (TPSA) is 55.0 Å². The molecule has 80 valence electrons. The summed E-state index contributed by atoms with van der Waals surface area (Å²) in [7, 11) is 0. The fraction of sp³-hybridized carbons (Fsp3) is 0.400. The molecule has 2 N–H and O–H groups in total. The summed E-state index contributed by atoms with van der Waals surface area (Å²) in [6, 6.07) is 0. The highest BCUT2D eigenvalue weighted by Gasteiger charge is 2.16. The summed E-state index contributed by atoms with van der Waals surface area (Å²) in [5, 5.41) is 0.449. The first-order valence-corrected chi connectivity index (χ1v) is 5.23. The average Bonchev–Trinajstić information content (AvgIpc) is 2.24. The second-order valence-electron chi connectivity index (χ2n) is 3.64. The highest BCUT2D eigenvalue weighted by molar-refractivity contribution is 6.35. The zero-order valence-electron chi connectivity index (χ0n) is 8.57. The van der Waals surface area contributed by atoms with Crippen LogP contribution in [0.5, 0.6) is 0 Å². The van der Waals surface area contributed by atoms with E-state index in [1.165, 1.54) is 11.9 Å². The van der Waals surface area contributed by atoms with Gasteiger partial charge in [-0.1, -0.05) is 23.3 Å². The lowest BCUT2D eigenvalue weighted by atomic mass is 10.1. The Morgan fingerprint density at radius 2 is 2.27 bits per heavy atom. The lowest BCUT2D eigenvalue weighted by molar-refractivity contribution is 0.774. The Hall–Kier alpha value is -1.29. The average molecular weight is 225 g/mol. The Kier molecular flexibility index (Phi) is 2.77. The van der Waals surface area contributed by atoms with Crippen molar-refractivity contribution in [3.05, 3.63) is 23.0 Å². The molecule has 1 aliphatic rings. The molecule has 0 radical (unpaired) electrons. The van der Waals surface area contributed by atoms with E-state index in [2.05, 4.69) is 27.9 Å². The summed E-state index contributed by atoms with van der Waals surface area (Å²) in [5.74, 6) is 1.07. The Balaban J connectivity index is 2.27. The molecule has 0 spiro atoms. The van der Waals surface area contributed by atoms with E-state index in [0.717, 1.165) is 25.3 Å². The van der Waals surface area contributed by atoms with Crippen LogP contribution in [0.2, 0.25) is 5.02 Å². The normalized spacial score (nSPS) is 16.4. The monoisotopic (exact) mass is 224 g/mol. The summed E-state index contributed by atoms with van der Waals surface area (Å²) in [5.41, 5.74) is 7.04. The number of hydrogen-bond donors (Lipinski definition) is 1. The molecule has 0 aliphatic carbocycles. The van der Waals surface area contributed by atoms with Gasteiger partial charge in [0.15, 0.2) is 5.82 Å². The summed E-state index contributed by atoms with van der Waals surface area (Å²) < 4.78 is 0. The molecule has 2 heterocycles. The highest BCUT2D eigenvalue weighted by Crippen LogP contribution is 2.28. The van der Waals surface area contributed by atoms with Crippen LogP contribution < -0.4 is 10.6 Å². The first kappa shape index (κ1) is 10.2. The van der Waals surface area contributed by atoms with E-state index in [9.17, 15) is 0 Å². The molecule has 0 bridgehead atoms. The van der Waals surface area contributed by atoms with Crippen LogP contribution in [0.15, 0.2) is 18.0 Å². The van der Waals surface area contributed by atoms with Gasteiger partial charge in [-0.3, -0.25) is 0 Å². The van der Waals surface area contributed by atoms with Crippen LogP contribution in [0.25, 0.3) is 0 Å². The van der Waals surface area contributed by atoms with Crippen molar-refractivity contribution in [2.24, 2.45) is 0 Å². The molecule has 0 saturated carbocycles. The molecule has 15 heavy (non-hydrogen) atoms. The fourth-order valence-corrected chi connectivity index (χ4v) is 1.77. The van der Waals surface area contributed by atoms with Crippen molar-refractivity contribution in [3.8, 4) is 0 Å². The van der Waals surface area contributed by atoms with E-state index in [1.54, 1.807) is 0 Å². The van der Waals surface area contributed by atoms with Crippen molar-refractivity contribution >= 4 is 23.2 Å². The van der Waals surface area contributed by atoms with E-state index in [4.69, 9.17) is 17.3 Å². The van der Waals surface area contributed by atoms with Crippen molar-refractivity contribution in [3.63, 3.8) is 0 Å². The Labute approximate surface area is 93.8 Å². The molecule has 4 nitrogen and oxygen atoms in total. The predicted molar refractivity (Wildman–Crippen MR) is 62.0 cm³/mol. The van der Waals surface area contributed by atoms with E-state index in [0.29, 0.717) is 10.8 Å². The van der Waals surface area contributed by atoms with Crippen LogP contribution in [-0.2, 0) is 0 Å². The molecule has 0 atom stereocenters. The Morgan fingerprint density at radius 1 is 1.47 bits per heavy atom. The number of nitrogens with zero attached hydrogens (tertiary/aromatic N) is 3. The van der Waals surface area contributed by atoms with Crippen LogP contribution in [0.4, 0.5) is 11.6 Å². The summed E-state index contributed by atoms with van der Waals surface area (Å²) in [6.45, 7) is 3.90. The zero-order valence-corrected chi connectivity index (χ0v) is 9.33. The molecule has 0 saturated heterocycles. The van der Waals surface area contributed by atoms with Gasteiger partial charge in [-0.2, -0.15) is 0 Å². The molecule has 0 fully saturated rings. The first-order valence-electron chi connectivity index (χ1n) is 4.85. The van der Waals surface area contributed by atoms with Gasteiger partial charge in [0.25, 0.3) is 0 Å². The van der Waals surface area contributed by atoms with Gasteiger partial charge >= 0.3 is 0 Å². The number of hydrogen-bond acceptors (Lipinski definition) is 4. The number of nitrogens with two attached hydrogens (primary N) is 1. The van der Waals surface area contributed by atoms with Gasteiger partial charge in [0.1, 0.15) is 17.2 Å². The number of anilines is 2. The van der Waals surface area contributed by atoms with Gasteiger partial charge in [0, 0.05) is 13.1 Å². The van der Waals surface area contributed by atoms with Gasteiger partial charge in [-0.15, -0.1) is 0 Å². The number of rotatable bonds is 1. The maximum Gasteiger partial charge on any atom is 0.153 e. The molecule has 1 aromatic heterocycles.